The van der Waals surface area contributed by atoms with E-state index in [4.69, 9.17) is 32.7 Å². The Morgan fingerprint density at radius 3 is 2.62 bits per heavy atom. The second kappa shape index (κ2) is 12.0. The van der Waals surface area contributed by atoms with Crippen molar-refractivity contribution in [1.29, 1.82) is 0 Å². The van der Waals surface area contributed by atoms with Crippen LogP contribution in [0.2, 0.25) is 10.0 Å². The van der Waals surface area contributed by atoms with E-state index in [0.717, 1.165) is 46.6 Å². The van der Waals surface area contributed by atoms with Gasteiger partial charge in [0.2, 0.25) is 0 Å². The van der Waals surface area contributed by atoms with Gasteiger partial charge >= 0.3 is 0 Å². The minimum absolute atomic E-state index is 0.547. The maximum Gasteiger partial charge on any atom is 0.197 e. The number of halogens is 2. The van der Waals surface area contributed by atoms with Crippen LogP contribution in [0.3, 0.4) is 0 Å². The second-order valence-electron chi connectivity index (χ2n) is 6.80. The van der Waals surface area contributed by atoms with E-state index in [1.807, 2.05) is 39.0 Å². The molecular weight excluding hydrogens is 467 g/mol. The quantitative estimate of drug-likeness (QED) is 0.404. The van der Waals surface area contributed by atoms with E-state index in [1.54, 1.807) is 18.3 Å². The van der Waals surface area contributed by atoms with Gasteiger partial charge in [-0.2, -0.15) is 4.99 Å². The molecule has 0 aromatic heterocycles. The maximum absolute atomic E-state index is 6.16. The van der Waals surface area contributed by atoms with Crippen LogP contribution < -0.4 is 20.1 Å². The highest BCUT2D eigenvalue weighted by Gasteiger charge is 2.18. The van der Waals surface area contributed by atoms with Crippen LogP contribution >= 0.6 is 35.0 Å². The molecule has 2 aromatic carbocycles. The first-order valence-electron chi connectivity index (χ1n) is 10.3. The summed E-state index contributed by atoms with van der Waals surface area (Å²) >= 11 is 13.5. The van der Waals surface area contributed by atoms with E-state index in [1.165, 1.54) is 11.8 Å². The predicted octanol–water partition coefficient (Wildman–Crippen LogP) is 6.36. The van der Waals surface area contributed by atoms with Crippen LogP contribution in [0.25, 0.3) is 0 Å². The van der Waals surface area contributed by atoms with Crippen molar-refractivity contribution in [2.24, 2.45) is 9.98 Å². The first-order valence-corrected chi connectivity index (χ1v) is 11.9. The Morgan fingerprint density at radius 1 is 1.12 bits per heavy atom. The molecule has 0 fully saturated rings. The van der Waals surface area contributed by atoms with Crippen molar-refractivity contribution in [3.8, 4) is 11.5 Å². The number of amidine groups is 2. The van der Waals surface area contributed by atoms with Gasteiger partial charge in [0.25, 0.3) is 0 Å². The Labute approximate surface area is 203 Å². The molecule has 0 bridgehead atoms. The molecular formula is C23H26Cl2N4O2S. The zero-order chi connectivity index (χ0) is 22.9. The monoisotopic (exact) mass is 492 g/mol. The fourth-order valence-electron chi connectivity index (χ4n) is 2.87. The number of thioether (sulfide) groups is 1. The van der Waals surface area contributed by atoms with Crippen molar-refractivity contribution in [3.05, 3.63) is 63.9 Å². The number of hydrogen-bond acceptors (Lipinski definition) is 6. The molecule has 0 amide bonds. The summed E-state index contributed by atoms with van der Waals surface area (Å²) in [6.07, 6.45) is 2.60. The summed E-state index contributed by atoms with van der Waals surface area (Å²) in [5.74, 6) is 1.69. The highest BCUT2D eigenvalue weighted by Crippen LogP contribution is 2.29. The SMILES string of the molecule is CCOc1ccc(CCN/C(C)=C/N=C2N=C(Nc3ccc(Cl)cc3Cl)S2)c(OCC)c1. The zero-order valence-electron chi connectivity index (χ0n) is 18.2. The number of nitrogens with one attached hydrogen (secondary N) is 2. The number of aliphatic imine (C=N–C) groups is 2. The number of allylic oxidation sites excluding steroid dienone is 1. The standard InChI is InChI=1S/C23H26Cl2N4O2S/c1-4-30-18-8-6-16(21(13-18)31-5-2)10-11-26-15(3)14-27-22-29-23(32-22)28-20-9-7-17(24)12-19(20)25/h6-9,12-14,26H,4-5,10-11H2,1-3H3,(H,27,28,29)/b15-14+. The molecule has 170 valence electrons. The van der Waals surface area contributed by atoms with E-state index < -0.39 is 0 Å². The predicted molar refractivity (Wildman–Crippen MR) is 137 cm³/mol. The number of anilines is 1. The maximum atomic E-state index is 6.16. The van der Waals surface area contributed by atoms with Gasteiger partial charge in [-0.25, -0.2) is 4.99 Å². The zero-order valence-corrected chi connectivity index (χ0v) is 20.6. The van der Waals surface area contributed by atoms with Gasteiger partial charge < -0.3 is 20.1 Å². The van der Waals surface area contributed by atoms with E-state index >= 15 is 0 Å². The fraction of sp³-hybridized carbons (Fsp3) is 0.304. The molecule has 1 aliphatic heterocycles. The number of ether oxygens (including phenoxy) is 2. The lowest BCUT2D eigenvalue weighted by Crippen LogP contribution is -2.20. The number of rotatable bonds is 10. The van der Waals surface area contributed by atoms with Crippen LogP contribution in [0.15, 0.2) is 58.3 Å². The summed E-state index contributed by atoms with van der Waals surface area (Å²) in [5.41, 5.74) is 2.85. The molecule has 32 heavy (non-hydrogen) atoms. The van der Waals surface area contributed by atoms with Crippen molar-refractivity contribution < 1.29 is 9.47 Å². The molecule has 2 aromatic rings. The summed E-state index contributed by atoms with van der Waals surface area (Å²) in [4.78, 5) is 8.76. The van der Waals surface area contributed by atoms with Crippen molar-refractivity contribution >= 4 is 51.0 Å². The van der Waals surface area contributed by atoms with Crippen LogP contribution in [-0.2, 0) is 6.42 Å². The molecule has 0 radical (unpaired) electrons. The summed E-state index contributed by atoms with van der Waals surface area (Å²) in [6.45, 7) is 7.94. The Hall–Kier alpha value is -2.35. The van der Waals surface area contributed by atoms with Gasteiger partial charge in [0.05, 0.1) is 23.9 Å². The first kappa shape index (κ1) is 24.3. The van der Waals surface area contributed by atoms with Crippen molar-refractivity contribution in [2.75, 3.05) is 25.1 Å². The molecule has 3 rings (SSSR count). The molecule has 0 saturated heterocycles. The third kappa shape index (κ3) is 7.08. The molecule has 2 N–H and O–H groups in total. The topological polar surface area (TPSA) is 67.2 Å². The average Bonchev–Trinajstić information content (AvgIpc) is 2.73. The van der Waals surface area contributed by atoms with Gasteiger partial charge in [-0.15, -0.1) is 0 Å². The molecule has 0 atom stereocenters. The lowest BCUT2D eigenvalue weighted by atomic mass is 10.1. The summed E-state index contributed by atoms with van der Waals surface area (Å²) < 4.78 is 11.3. The van der Waals surface area contributed by atoms with Crippen LogP contribution in [0.5, 0.6) is 11.5 Å². The Morgan fingerprint density at radius 2 is 1.91 bits per heavy atom. The average molecular weight is 493 g/mol. The Balaban J connectivity index is 1.49. The van der Waals surface area contributed by atoms with Gasteiger partial charge in [-0.05, 0) is 68.8 Å². The largest absolute Gasteiger partial charge is 0.494 e. The molecule has 0 spiro atoms. The minimum atomic E-state index is 0.547. The van der Waals surface area contributed by atoms with Crippen LogP contribution in [-0.4, -0.2) is 30.1 Å². The molecule has 0 saturated carbocycles. The smallest absolute Gasteiger partial charge is 0.197 e. The lowest BCUT2D eigenvalue weighted by molar-refractivity contribution is 0.320. The van der Waals surface area contributed by atoms with Crippen molar-refractivity contribution in [2.45, 2.75) is 27.2 Å². The van der Waals surface area contributed by atoms with Crippen LogP contribution in [0.4, 0.5) is 5.69 Å². The van der Waals surface area contributed by atoms with Gasteiger partial charge in [0, 0.05) is 29.5 Å². The van der Waals surface area contributed by atoms with Gasteiger partial charge in [-0.3, -0.25) is 0 Å². The molecule has 6 nitrogen and oxygen atoms in total. The summed E-state index contributed by atoms with van der Waals surface area (Å²) in [6, 6.07) is 11.3. The van der Waals surface area contributed by atoms with E-state index in [-0.39, 0.29) is 0 Å². The Bertz CT molecular complexity index is 1040. The second-order valence-corrected chi connectivity index (χ2v) is 8.60. The van der Waals surface area contributed by atoms with Crippen molar-refractivity contribution in [1.82, 2.24) is 5.32 Å². The number of nitrogens with zero attached hydrogens (tertiary/aromatic N) is 2. The fourth-order valence-corrected chi connectivity index (χ4v) is 3.91. The van der Waals surface area contributed by atoms with Gasteiger partial charge in [0.15, 0.2) is 10.3 Å². The third-order valence-corrected chi connectivity index (χ3v) is 5.69. The number of hydrogen-bond donors (Lipinski definition) is 2. The van der Waals surface area contributed by atoms with Gasteiger partial charge in [-0.1, -0.05) is 29.3 Å². The number of benzene rings is 2. The van der Waals surface area contributed by atoms with E-state index in [9.17, 15) is 0 Å². The van der Waals surface area contributed by atoms with E-state index in [2.05, 4.69) is 26.7 Å². The summed E-state index contributed by atoms with van der Waals surface area (Å²) in [7, 11) is 0. The molecule has 1 heterocycles. The van der Waals surface area contributed by atoms with Gasteiger partial charge in [0.1, 0.15) is 11.5 Å². The molecule has 9 heteroatoms. The first-order chi connectivity index (χ1) is 15.5. The Kier molecular flexibility index (Phi) is 9.14. The summed E-state index contributed by atoms with van der Waals surface area (Å²) in [5, 5.41) is 9.09. The van der Waals surface area contributed by atoms with Crippen LogP contribution in [0.1, 0.15) is 26.3 Å². The third-order valence-electron chi connectivity index (χ3n) is 4.37. The lowest BCUT2D eigenvalue weighted by Gasteiger charge is -2.16. The molecule has 0 aliphatic carbocycles. The molecule has 1 aliphatic rings. The van der Waals surface area contributed by atoms with E-state index in [0.29, 0.717) is 28.4 Å². The highest BCUT2D eigenvalue weighted by atomic mass is 35.5. The minimum Gasteiger partial charge on any atom is -0.494 e. The normalized spacial score (nSPS) is 14.6. The highest BCUT2D eigenvalue weighted by molar-refractivity contribution is 8.29. The van der Waals surface area contributed by atoms with Crippen LogP contribution in [0, 0.1) is 0 Å². The molecule has 0 unspecified atom stereocenters. The van der Waals surface area contributed by atoms with Crippen molar-refractivity contribution in [3.63, 3.8) is 0 Å².